The lowest BCUT2D eigenvalue weighted by molar-refractivity contribution is -0.132. The Bertz CT molecular complexity index is 249. The van der Waals surface area contributed by atoms with Crippen molar-refractivity contribution in [2.75, 3.05) is 26.2 Å². The summed E-state index contributed by atoms with van der Waals surface area (Å²) in [7, 11) is 0. The van der Waals surface area contributed by atoms with Gasteiger partial charge in [0.25, 0.3) is 0 Å². The summed E-state index contributed by atoms with van der Waals surface area (Å²) in [6.45, 7) is 6.44. The quantitative estimate of drug-likeness (QED) is 0.753. The number of piperidine rings is 2. The highest BCUT2D eigenvalue weighted by Gasteiger charge is 2.24. The number of hydrogen-bond donors (Lipinski definition) is 0. The number of likely N-dealkylation sites (tertiary alicyclic amines) is 2. The summed E-state index contributed by atoms with van der Waals surface area (Å²) in [6.07, 6.45) is 9.02. The van der Waals surface area contributed by atoms with E-state index in [1.54, 1.807) is 6.92 Å². The largest absolute Gasteiger partial charge is 0.340 e. The zero-order valence-corrected chi connectivity index (χ0v) is 11.2. The summed E-state index contributed by atoms with van der Waals surface area (Å²) in [5.74, 6) is 0.272. The zero-order chi connectivity index (χ0) is 12.1. The van der Waals surface area contributed by atoms with Gasteiger partial charge in [0.15, 0.2) is 0 Å². The first-order valence-corrected chi connectivity index (χ1v) is 7.27. The second-order valence-corrected chi connectivity index (χ2v) is 5.55. The van der Waals surface area contributed by atoms with Gasteiger partial charge in [0.2, 0.25) is 5.91 Å². The highest BCUT2D eigenvalue weighted by Crippen LogP contribution is 2.20. The van der Waals surface area contributed by atoms with Crippen molar-refractivity contribution in [3.8, 4) is 0 Å². The van der Waals surface area contributed by atoms with E-state index < -0.39 is 0 Å². The van der Waals surface area contributed by atoms with Crippen LogP contribution in [0, 0.1) is 0 Å². The Labute approximate surface area is 105 Å². The van der Waals surface area contributed by atoms with Crippen LogP contribution in [0.2, 0.25) is 0 Å². The van der Waals surface area contributed by atoms with Crippen LogP contribution in [0.15, 0.2) is 0 Å². The van der Waals surface area contributed by atoms with Crippen molar-refractivity contribution in [1.82, 2.24) is 9.80 Å². The molecule has 0 saturated carbocycles. The van der Waals surface area contributed by atoms with Gasteiger partial charge in [-0.3, -0.25) is 4.79 Å². The molecule has 0 N–H and O–H groups in total. The minimum atomic E-state index is 0.272. The normalized spacial score (nSPS) is 27.1. The Morgan fingerprint density at radius 1 is 1.06 bits per heavy atom. The van der Waals surface area contributed by atoms with Gasteiger partial charge in [0, 0.05) is 26.1 Å². The van der Waals surface area contributed by atoms with Crippen molar-refractivity contribution in [2.45, 2.75) is 57.9 Å². The van der Waals surface area contributed by atoms with E-state index in [4.69, 9.17) is 0 Å². The van der Waals surface area contributed by atoms with Crippen molar-refractivity contribution in [2.24, 2.45) is 0 Å². The van der Waals surface area contributed by atoms with Gasteiger partial charge >= 0.3 is 0 Å². The first-order chi connectivity index (χ1) is 8.27. The molecule has 0 aromatic carbocycles. The SMILES string of the molecule is CC(=O)N1CCCC[C@@H]1CCN1CCCCC1. The Hall–Kier alpha value is -0.570. The van der Waals surface area contributed by atoms with E-state index in [-0.39, 0.29) is 5.91 Å². The third-order valence-electron chi connectivity index (χ3n) is 4.26. The van der Waals surface area contributed by atoms with Crippen LogP contribution in [0.1, 0.15) is 51.9 Å². The predicted molar refractivity (Wildman–Crippen MR) is 69.9 cm³/mol. The number of rotatable bonds is 3. The van der Waals surface area contributed by atoms with Crippen molar-refractivity contribution in [3.05, 3.63) is 0 Å². The highest BCUT2D eigenvalue weighted by molar-refractivity contribution is 5.73. The van der Waals surface area contributed by atoms with Crippen LogP contribution in [0.25, 0.3) is 0 Å². The van der Waals surface area contributed by atoms with Gasteiger partial charge in [-0.2, -0.15) is 0 Å². The number of amides is 1. The first-order valence-electron chi connectivity index (χ1n) is 7.27. The lowest BCUT2D eigenvalue weighted by atomic mass is 9.98. The standard InChI is InChI=1S/C14H26N2O/c1-13(17)16-11-6-3-7-14(16)8-12-15-9-4-2-5-10-15/h14H,2-12H2,1H3/t14-/m1/s1. The second-order valence-electron chi connectivity index (χ2n) is 5.55. The molecule has 0 aromatic heterocycles. The maximum Gasteiger partial charge on any atom is 0.219 e. The van der Waals surface area contributed by atoms with Gasteiger partial charge < -0.3 is 9.80 Å². The molecule has 2 rings (SSSR count). The van der Waals surface area contributed by atoms with E-state index in [1.807, 2.05) is 0 Å². The third kappa shape index (κ3) is 3.70. The number of carbonyl (C=O) groups is 1. The molecule has 2 saturated heterocycles. The molecule has 1 atom stereocenters. The van der Waals surface area contributed by atoms with Crippen LogP contribution < -0.4 is 0 Å². The molecule has 0 aliphatic carbocycles. The molecule has 17 heavy (non-hydrogen) atoms. The number of carbonyl (C=O) groups excluding carboxylic acids is 1. The van der Waals surface area contributed by atoms with Crippen LogP contribution in [-0.4, -0.2) is 47.9 Å². The van der Waals surface area contributed by atoms with Gasteiger partial charge in [-0.1, -0.05) is 6.42 Å². The Kier molecular flexibility index (Phi) is 4.84. The summed E-state index contributed by atoms with van der Waals surface area (Å²) >= 11 is 0. The monoisotopic (exact) mass is 238 g/mol. The van der Waals surface area contributed by atoms with Crippen LogP contribution >= 0.6 is 0 Å². The van der Waals surface area contributed by atoms with Gasteiger partial charge in [-0.15, -0.1) is 0 Å². The molecule has 0 spiro atoms. The Morgan fingerprint density at radius 2 is 1.76 bits per heavy atom. The molecule has 3 heteroatoms. The molecule has 1 amide bonds. The van der Waals surface area contributed by atoms with Crippen molar-refractivity contribution in [3.63, 3.8) is 0 Å². The zero-order valence-electron chi connectivity index (χ0n) is 11.2. The van der Waals surface area contributed by atoms with Crippen molar-refractivity contribution >= 4 is 5.91 Å². The third-order valence-corrected chi connectivity index (χ3v) is 4.26. The van der Waals surface area contributed by atoms with Crippen LogP contribution in [0.3, 0.4) is 0 Å². The Balaban J connectivity index is 1.77. The van der Waals surface area contributed by atoms with E-state index >= 15 is 0 Å². The summed E-state index contributed by atoms with van der Waals surface area (Å²) in [5.41, 5.74) is 0. The molecule has 0 aromatic rings. The van der Waals surface area contributed by atoms with Gasteiger partial charge in [0.1, 0.15) is 0 Å². The maximum atomic E-state index is 11.6. The predicted octanol–water partition coefficient (Wildman–Crippen LogP) is 2.26. The van der Waals surface area contributed by atoms with E-state index in [0.29, 0.717) is 6.04 Å². The Morgan fingerprint density at radius 3 is 2.47 bits per heavy atom. The lowest BCUT2D eigenvalue weighted by Gasteiger charge is -2.37. The first kappa shape index (κ1) is 12.9. The molecular weight excluding hydrogens is 212 g/mol. The van der Waals surface area contributed by atoms with E-state index in [1.165, 1.54) is 64.6 Å². The van der Waals surface area contributed by atoms with E-state index in [0.717, 1.165) is 6.54 Å². The summed E-state index contributed by atoms with van der Waals surface area (Å²) in [5, 5.41) is 0. The van der Waals surface area contributed by atoms with Crippen LogP contribution in [-0.2, 0) is 4.79 Å². The smallest absolute Gasteiger partial charge is 0.219 e. The number of hydrogen-bond acceptors (Lipinski definition) is 2. The van der Waals surface area contributed by atoms with Gasteiger partial charge in [-0.05, 0) is 51.6 Å². The van der Waals surface area contributed by atoms with Crippen LogP contribution in [0.5, 0.6) is 0 Å². The molecule has 0 bridgehead atoms. The fraction of sp³-hybridized carbons (Fsp3) is 0.929. The van der Waals surface area contributed by atoms with Gasteiger partial charge in [-0.25, -0.2) is 0 Å². The second kappa shape index (κ2) is 6.39. The average Bonchev–Trinajstić information content (AvgIpc) is 2.38. The molecule has 2 fully saturated rings. The molecule has 0 unspecified atom stereocenters. The maximum absolute atomic E-state index is 11.6. The fourth-order valence-electron chi connectivity index (χ4n) is 3.23. The summed E-state index contributed by atoms with van der Waals surface area (Å²) in [6, 6.07) is 0.517. The molecule has 98 valence electrons. The topological polar surface area (TPSA) is 23.6 Å². The minimum Gasteiger partial charge on any atom is -0.340 e. The summed E-state index contributed by atoms with van der Waals surface area (Å²) < 4.78 is 0. The molecule has 2 aliphatic heterocycles. The molecule has 2 heterocycles. The van der Waals surface area contributed by atoms with Crippen molar-refractivity contribution < 1.29 is 4.79 Å². The van der Waals surface area contributed by atoms with E-state index in [2.05, 4.69) is 9.80 Å². The molecule has 0 radical (unpaired) electrons. The molecule has 2 aliphatic rings. The average molecular weight is 238 g/mol. The highest BCUT2D eigenvalue weighted by atomic mass is 16.2. The number of nitrogens with zero attached hydrogens (tertiary/aromatic N) is 2. The minimum absolute atomic E-state index is 0.272. The van der Waals surface area contributed by atoms with Gasteiger partial charge in [0.05, 0.1) is 0 Å². The fourth-order valence-corrected chi connectivity index (χ4v) is 3.23. The molecule has 3 nitrogen and oxygen atoms in total. The van der Waals surface area contributed by atoms with Crippen LogP contribution in [0.4, 0.5) is 0 Å². The molecular formula is C14H26N2O. The van der Waals surface area contributed by atoms with E-state index in [9.17, 15) is 4.79 Å². The van der Waals surface area contributed by atoms with Crippen molar-refractivity contribution in [1.29, 1.82) is 0 Å². The summed E-state index contributed by atoms with van der Waals surface area (Å²) in [4.78, 5) is 16.3. The lowest BCUT2D eigenvalue weighted by Crippen LogP contribution is -2.44.